The highest BCUT2D eigenvalue weighted by Gasteiger charge is 2.22. The third-order valence-electron chi connectivity index (χ3n) is 6.06. The van der Waals surface area contributed by atoms with Crippen LogP contribution in [0.1, 0.15) is 45.9 Å². The number of fused-ring (bicyclic) bond motifs is 1. The maximum Gasteiger partial charge on any atom is 0.251 e. The van der Waals surface area contributed by atoms with Crippen LogP contribution in [0.15, 0.2) is 90.3 Å². The van der Waals surface area contributed by atoms with Gasteiger partial charge in [0, 0.05) is 48.0 Å². The summed E-state index contributed by atoms with van der Waals surface area (Å²) in [6.45, 7) is 1.75. The highest BCUT2D eigenvalue weighted by molar-refractivity contribution is 7.90. The third-order valence-corrected chi connectivity index (χ3v) is 7.76. The maximum atomic E-state index is 13.4. The molecule has 2 N–H and O–H groups in total. The molecule has 3 heterocycles. The fourth-order valence-electron chi connectivity index (χ4n) is 3.99. The number of pyridine rings is 1. The van der Waals surface area contributed by atoms with E-state index in [0.29, 0.717) is 5.56 Å². The molecule has 40 heavy (non-hydrogen) atoms. The molecule has 0 aliphatic rings. The molecule has 0 aliphatic carbocycles. The minimum atomic E-state index is -3.94. The van der Waals surface area contributed by atoms with E-state index < -0.39 is 33.5 Å². The van der Waals surface area contributed by atoms with Gasteiger partial charge in [0.05, 0.1) is 16.3 Å². The molecule has 2 aromatic carbocycles. The van der Waals surface area contributed by atoms with E-state index in [-0.39, 0.29) is 28.3 Å². The lowest BCUT2D eigenvalue weighted by molar-refractivity contribution is 0.0950. The number of imidazole rings is 1. The summed E-state index contributed by atoms with van der Waals surface area (Å²) in [5, 5.41) is 16.6. The molecule has 3 aromatic heterocycles. The number of nitrogens with zero attached hydrogens (tertiary/aromatic N) is 4. The van der Waals surface area contributed by atoms with Crippen LogP contribution in [0.2, 0.25) is 0 Å². The van der Waals surface area contributed by atoms with Crippen LogP contribution in [0.5, 0.6) is 0 Å². The van der Waals surface area contributed by atoms with E-state index in [9.17, 15) is 22.7 Å². The first kappa shape index (κ1) is 26.8. The fraction of sp³-hybridized carbons (Fsp3) is 0.138. The van der Waals surface area contributed by atoms with Gasteiger partial charge in [-0.1, -0.05) is 11.8 Å². The Morgan fingerprint density at radius 3 is 2.60 bits per heavy atom. The van der Waals surface area contributed by atoms with E-state index in [0.717, 1.165) is 11.2 Å². The first-order valence-electron chi connectivity index (χ1n) is 12.2. The molecule has 5 rings (SSSR count). The number of aliphatic hydroxyl groups excluding tert-OH is 1. The Bertz CT molecular complexity index is 1870. The van der Waals surface area contributed by atoms with Gasteiger partial charge in [0.25, 0.3) is 5.91 Å². The van der Waals surface area contributed by atoms with Gasteiger partial charge in [-0.25, -0.2) is 22.5 Å². The average Bonchev–Trinajstić information content (AvgIpc) is 3.60. The first-order chi connectivity index (χ1) is 19.2. The van der Waals surface area contributed by atoms with Gasteiger partial charge < -0.3 is 14.8 Å². The van der Waals surface area contributed by atoms with Gasteiger partial charge in [-0.3, -0.25) is 4.79 Å². The molecule has 0 spiro atoms. The quantitative estimate of drug-likeness (QED) is 0.296. The zero-order valence-corrected chi connectivity index (χ0v) is 22.1. The SMILES string of the molecule is CC(O)n1ccc(CS(=O)(=O)c2ccc(C(=O)NCc3ccn4ccnc4c3)cc2C#Cc2ccc(F)cc2)n1. The topological polar surface area (TPSA) is 119 Å². The van der Waals surface area contributed by atoms with Crippen LogP contribution in [-0.4, -0.2) is 38.6 Å². The van der Waals surface area contributed by atoms with E-state index in [1.165, 1.54) is 66.3 Å². The van der Waals surface area contributed by atoms with E-state index in [1.54, 1.807) is 6.20 Å². The van der Waals surface area contributed by atoms with E-state index in [4.69, 9.17) is 0 Å². The number of aromatic nitrogens is 4. The van der Waals surface area contributed by atoms with Crippen LogP contribution in [0.3, 0.4) is 0 Å². The second-order valence-electron chi connectivity index (χ2n) is 9.06. The molecule has 0 fully saturated rings. The van der Waals surface area contributed by atoms with Gasteiger partial charge in [0.15, 0.2) is 9.84 Å². The Balaban J connectivity index is 1.44. The summed E-state index contributed by atoms with van der Waals surface area (Å²) in [6.07, 6.45) is 5.92. The summed E-state index contributed by atoms with van der Waals surface area (Å²) >= 11 is 0. The molecular weight excluding hydrogens is 533 g/mol. The van der Waals surface area contributed by atoms with Gasteiger partial charge in [0.1, 0.15) is 17.7 Å². The lowest BCUT2D eigenvalue weighted by Gasteiger charge is -2.10. The van der Waals surface area contributed by atoms with Crippen molar-refractivity contribution in [2.45, 2.75) is 30.3 Å². The summed E-state index contributed by atoms with van der Waals surface area (Å²) in [4.78, 5) is 17.2. The monoisotopic (exact) mass is 557 g/mol. The number of nitrogens with one attached hydrogen (secondary N) is 1. The summed E-state index contributed by atoms with van der Waals surface area (Å²) in [7, 11) is -3.94. The van der Waals surface area contributed by atoms with Crippen LogP contribution in [-0.2, 0) is 22.1 Å². The van der Waals surface area contributed by atoms with Gasteiger partial charge in [0.2, 0.25) is 0 Å². The molecule has 0 radical (unpaired) electrons. The second kappa shape index (κ2) is 11.1. The van der Waals surface area contributed by atoms with Gasteiger partial charge in [-0.2, -0.15) is 5.10 Å². The first-order valence-corrected chi connectivity index (χ1v) is 13.9. The predicted octanol–water partition coefficient (Wildman–Crippen LogP) is 3.48. The number of benzene rings is 2. The molecular formula is C29H24FN5O4S. The molecule has 1 unspecified atom stereocenters. The number of rotatable bonds is 7. The normalized spacial score (nSPS) is 12.1. The fourth-order valence-corrected chi connectivity index (χ4v) is 5.41. The summed E-state index contributed by atoms with van der Waals surface area (Å²) < 4.78 is 43.2. The van der Waals surface area contributed by atoms with Crippen LogP contribution >= 0.6 is 0 Å². The van der Waals surface area contributed by atoms with Crippen molar-refractivity contribution in [3.8, 4) is 11.8 Å². The summed E-state index contributed by atoms with van der Waals surface area (Å²) in [5.41, 5.74) is 2.66. The standard InChI is InChI=1S/C29H24FN5O4S/c1-20(36)35-14-11-26(33-35)19-40(38,39)27-9-6-24(17-23(27)5-2-21-3-7-25(30)8-4-21)29(37)32-18-22-10-13-34-15-12-31-28(34)16-22/h3-4,6-17,20,36H,18-19H2,1H3,(H,32,37). The van der Waals surface area contributed by atoms with Crippen LogP contribution in [0.25, 0.3) is 5.65 Å². The Kier molecular flexibility index (Phi) is 7.46. The van der Waals surface area contributed by atoms with Gasteiger partial charge in [-0.15, -0.1) is 0 Å². The Morgan fingerprint density at radius 1 is 1.05 bits per heavy atom. The van der Waals surface area contributed by atoms with Crippen molar-refractivity contribution in [3.05, 3.63) is 119 Å². The zero-order chi connectivity index (χ0) is 28.3. The summed E-state index contributed by atoms with van der Waals surface area (Å²) in [6, 6.07) is 14.9. The van der Waals surface area contributed by atoms with Crippen molar-refractivity contribution >= 4 is 21.4 Å². The van der Waals surface area contributed by atoms with Crippen molar-refractivity contribution in [2.75, 3.05) is 0 Å². The Hall–Kier alpha value is -4.79. The Labute approximate surface area is 229 Å². The summed E-state index contributed by atoms with van der Waals surface area (Å²) in [5.74, 6) is 4.43. The van der Waals surface area contributed by atoms with Gasteiger partial charge in [-0.05, 0) is 73.2 Å². The van der Waals surface area contributed by atoms with Crippen LogP contribution in [0, 0.1) is 17.7 Å². The predicted molar refractivity (Wildman–Crippen MR) is 145 cm³/mol. The molecule has 11 heteroatoms. The van der Waals surface area contributed by atoms with E-state index in [2.05, 4.69) is 27.2 Å². The largest absolute Gasteiger partial charge is 0.372 e. The molecule has 0 bridgehead atoms. The number of amides is 1. The second-order valence-corrected chi connectivity index (χ2v) is 11.0. The van der Waals surface area contributed by atoms with Crippen molar-refractivity contribution in [1.29, 1.82) is 0 Å². The molecule has 0 saturated carbocycles. The lowest BCUT2D eigenvalue weighted by atomic mass is 10.1. The number of carbonyl (C=O) groups is 1. The number of hydrogen-bond acceptors (Lipinski definition) is 6. The van der Waals surface area contributed by atoms with Crippen LogP contribution in [0.4, 0.5) is 4.39 Å². The highest BCUT2D eigenvalue weighted by atomic mass is 32.2. The number of carbonyl (C=O) groups excluding carboxylic acids is 1. The van der Waals surface area contributed by atoms with Crippen molar-refractivity contribution in [2.24, 2.45) is 0 Å². The molecule has 5 aromatic rings. The molecule has 1 atom stereocenters. The van der Waals surface area contributed by atoms with Crippen molar-refractivity contribution in [3.63, 3.8) is 0 Å². The number of sulfone groups is 1. The minimum absolute atomic E-state index is 0.0741. The number of hydrogen-bond donors (Lipinski definition) is 2. The van der Waals surface area contributed by atoms with Crippen molar-refractivity contribution in [1.82, 2.24) is 24.5 Å². The van der Waals surface area contributed by atoms with E-state index >= 15 is 0 Å². The third kappa shape index (κ3) is 6.09. The van der Waals surface area contributed by atoms with E-state index in [1.807, 2.05) is 28.9 Å². The molecule has 0 aliphatic heterocycles. The zero-order valence-electron chi connectivity index (χ0n) is 21.3. The van der Waals surface area contributed by atoms with Crippen molar-refractivity contribution < 1.29 is 22.7 Å². The lowest BCUT2D eigenvalue weighted by Crippen LogP contribution is -2.23. The number of halogens is 1. The molecule has 202 valence electrons. The number of aliphatic hydroxyl groups is 1. The molecule has 0 saturated heterocycles. The minimum Gasteiger partial charge on any atom is -0.372 e. The Morgan fingerprint density at radius 2 is 1.85 bits per heavy atom. The smallest absolute Gasteiger partial charge is 0.251 e. The van der Waals surface area contributed by atoms with Crippen LogP contribution < -0.4 is 5.32 Å². The molecule has 9 nitrogen and oxygen atoms in total. The highest BCUT2D eigenvalue weighted by Crippen LogP contribution is 2.22. The maximum absolute atomic E-state index is 13.4. The molecule has 1 amide bonds. The average molecular weight is 558 g/mol. The van der Waals surface area contributed by atoms with Gasteiger partial charge >= 0.3 is 0 Å².